The van der Waals surface area contributed by atoms with Crippen molar-refractivity contribution in [2.24, 2.45) is 0 Å². The van der Waals surface area contributed by atoms with Crippen molar-refractivity contribution in [2.75, 3.05) is 18.1 Å². The highest BCUT2D eigenvalue weighted by molar-refractivity contribution is 7.21. The summed E-state index contributed by atoms with van der Waals surface area (Å²) in [6.07, 6.45) is 0. The second kappa shape index (κ2) is 4.55. The maximum Gasteiger partial charge on any atom is 0.124 e. The van der Waals surface area contributed by atoms with Gasteiger partial charge < -0.3 is 11.1 Å². The monoisotopic (exact) mass is 269 g/mol. The molecule has 0 fully saturated rings. The molecule has 0 saturated heterocycles. The second-order valence-electron chi connectivity index (χ2n) is 4.53. The Kier molecular flexibility index (Phi) is 2.87. The van der Waals surface area contributed by atoms with Crippen molar-refractivity contribution in [3.63, 3.8) is 0 Å². The zero-order valence-corrected chi connectivity index (χ0v) is 11.7. The van der Waals surface area contributed by atoms with Crippen LogP contribution in [0.5, 0.6) is 0 Å². The highest BCUT2D eigenvalue weighted by Crippen LogP contribution is 2.32. The van der Waals surface area contributed by atoms with Crippen LogP contribution in [0.25, 0.3) is 20.8 Å². The lowest BCUT2D eigenvalue weighted by atomic mass is 10.1. The molecule has 0 aliphatic heterocycles. The van der Waals surface area contributed by atoms with Crippen molar-refractivity contribution < 1.29 is 0 Å². The van der Waals surface area contributed by atoms with Crippen LogP contribution >= 0.6 is 11.3 Å². The summed E-state index contributed by atoms with van der Waals surface area (Å²) in [5.41, 5.74) is 11.1. The average Bonchev–Trinajstić information content (AvgIpc) is 2.81. The normalized spacial score (nSPS) is 10.8. The van der Waals surface area contributed by atoms with E-state index in [2.05, 4.69) is 35.4 Å². The largest absolute Gasteiger partial charge is 0.399 e. The Labute approximate surface area is 116 Å². The van der Waals surface area contributed by atoms with Crippen LogP contribution in [-0.4, -0.2) is 12.0 Å². The molecule has 3 rings (SSSR count). The van der Waals surface area contributed by atoms with Gasteiger partial charge in [-0.25, -0.2) is 4.98 Å². The number of rotatable bonds is 2. The van der Waals surface area contributed by atoms with Gasteiger partial charge in [0.05, 0.1) is 10.2 Å². The van der Waals surface area contributed by atoms with Gasteiger partial charge in [0.2, 0.25) is 0 Å². The summed E-state index contributed by atoms with van der Waals surface area (Å²) in [6.45, 7) is 2.10. The van der Waals surface area contributed by atoms with E-state index in [1.54, 1.807) is 11.3 Å². The topological polar surface area (TPSA) is 50.9 Å². The number of hydrogen-bond acceptors (Lipinski definition) is 4. The molecule has 0 bridgehead atoms. The molecule has 0 atom stereocenters. The Bertz CT molecular complexity index is 746. The van der Waals surface area contributed by atoms with Crippen molar-refractivity contribution >= 4 is 32.9 Å². The Hall–Kier alpha value is -2.07. The third-order valence-corrected chi connectivity index (χ3v) is 4.22. The molecule has 96 valence electrons. The lowest BCUT2D eigenvalue weighted by molar-refractivity contribution is 1.39. The molecule has 0 aliphatic carbocycles. The number of benzene rings is 2. The summed E-state index contributed by atoms with van der Waals surface area (Å²) >= 11 is 1.68. The van der Waals surface area contributed by atoms with Crippen LogP contribution in [0.15, 0.2) is 36.4 Å². The number of aromatic nitrogens is 1. The van der Waals surface area contributed by atoms with E-state index in [0.29, 0.717) is 0 Å². The molecule has 0 radical (unpaired) electrons. The molecule has 0 spiro atoms. The minimum Gasteiger partial charge on any atom is -0.399 e. The van der Waals surface area contributed by atoms with Crippen LogP contribution in [0.1, 0.15) is 5.56 Å². The third-order valence-electron chi connectivity index (χ3n) is 3.16. The number of nitrogens with two attached hydrogens (primary N) is 1. The minimum atomic E-state index is 0.782. The van der Waals surface area contributed by atoms with Gasteiger partial charge in [-0.2, -0.15) is 0 Å². The Morgan fingerprint density at radius 1 is 1.16 bits per heavy atom. The van der Waals surface area contributed by atoms with Gasteiger partial charge in [-0.15, -0.1) is 11.3 Å². The number of fused-ring (bicyclic) bond motifs is 1. The smallest absolute Gasteiger partial charge is 0.124 e. The molecule has 3 aromatic rings. The molecule has 3 N–H and O–H groups in total. The van der Waals surface area contributed by atoms with Crippen LogP contribution in [0.3, 0.4) is 0 Å². The molecule has 1 aromatic heterocycles. The van der Waals surface area contributed by atoms with Gasteiger partial charge in [0.15, 0.2) is 0 Å². The number of thiazole rings is 1. The molecule has 0 saturated carbocycles. The molecule has 4 heteroatoms. The SMILES string of the molecule is CNc1ccc(-c2nc3ccc(N)cc3s2)cc1C. The lowest BCUT2D eigenvalue weighted by Crippen LogP contribution is -1.91. The van der Waals surface area contributed by atoms with Crippen molar-refractivity contribution in [2.45, 2.75) is 6.92 Å². The van der Waals surface area contributed by atoms with E-state index in [1.807, 2.05) is 25.2 Å². The summed E-state index contributed by atoms with van der Waals surface area (Å²) in [7, 11) is 1.93. The van der Waals surface area contributed by atoms with Crippen molar-refractivity contribution in [1.82, 2.24) is 4.98 Å². The van der Waals surface area contributed by atoms with E-state index in [-0.39, 0.29) is 0 Å². The zero-order chi connectivity index (χ0) is 13.4. The van der Waals surface area contributed by atoms with Gasteiger partial charge in [-0.3, -0.25) is 0 Å². The van der Waals surface area contributed by atoms with E-state index in [1.165, 1.54) is 5.56 Å². The lowest BCUT2D eigenvalue weighted by Gasteiger charge is -2.05. The fourth-order valence-electron chi connectivity index (χ4n) is 2.14. The minimum absolute atomic E-state index is 0.782. The van der Waals surface area contributed by atoms with Gasteiger partial charge >= 0.3 is 0 Å². The first-order valence-corrected chi connectivity index (χ1v) is 6.94. The van der Waals surface area contributed by atoms with E-state index in [0.717, 1.165) is 32.2 Å². The van der Waals surface area contributed by atoms with Gasteiger partial charge in [0.25, 0.3) is 0 Å². The number of nitrogens with one attached hydrogen (secondary N) is 1. The maximum atomic E-state index is 5.80. The predicted molar refractivity (Wildman–Crippen MR) is 83.8 cm³/mol. The summed E-state index contributed by atoms with van der Waals surface area (Å²) in [5.74, 6) is 0. The molecule has 19 heavy (non-hydrogen) atoms. The fraction of sp³-hybridized carbons (Fsp3) is 0.133. The van der Waals surface area contributed by atoms with Gasteiger partial charge in [-0.05, 0) is 48.9 Å². The first-order valence-electron chi connectivity index (χ1n) is 6.12. The molecule has 3 nitrogen and oxygen atoms in total. The van der Waals surface area contributed by atoms with Gasteiger partial charge in [0, 0.05) is 24.0 Å². The second-order valence-corrected chi connectivity index (χ2v) is 5.56. The Morgan fingerprint density at radius 3 is 2.74 bits per heavy atom. The average molecular weight is 269 g/mol. The van der Waals surface area contributed by atoms with Crippen LogP contribution in [-0.2, 0) is 0 Å². The number of nitrogens with zero attached hydrogens (tertiary/aromatic N) is 1. The van der Waals surface area contributed by atoms with Crippen LogP contribution in [0, 0.1) is 6.92 Å². The quantitative estimate of drug-likeness (QED) is 0.694. The molecule has 2 aromatic carbocycles. The molecule has 0 aliphatic rings. The van der Waals surface area contributed by atoms with Crippen molar-refractivity contribution in [1.29, 1.82) is 0 Å². The number of nitrogen functional groups attached to an aromatic ring is 1. The highest BCUT2D eigenvalue weighted by Gasteiger charge is 2.07. The highest BCUT2D eigenvalue weighted by atomic mass is 32.1. The van der Waals surface area contributed by atoms with E-state index in [9.17, 15) is 0 Å². The van der Waals surface area contributed by atoms with E-state index in [4.69, 9.17) is 5.73 Å². The van der Waals surface area contributed by atoms with Gasteiger partial charge in [-0.1, -0.05) is 0 Å². The molecule has 1 heterocycles. The fourth-order valence-corrected chi connectivity index (χ4v) is 3.15. The summed E-state index contributed by atoms with van der Waals surface area (Å²) < 4.78 is 1.13. The maximum absolute atomic E-state index is 5.80. The Balaban J connectivity index is 2.11. The van der Waals surface area contributed by atoms with Crippen molar-refractivity contribution in [3.8, 4) is 10.6 Å². The molecular weight excluding hydrogens is 254 g/mol. The molecule has 0 unspecified atom stereocenters. The van der Waals surface area contributed by atoms with Crippen LogP contribution in [0.2, 0.25) is 0 Å². The third kappa shape index (κ3) is 2.15. The summed E-state index contributed by atoms with van der Waals surface area (Å²) in [4.78, 5) is 4.66. The summed E-state index contributed by atoms with van der Waals surface area (Å²) in [5, 5.41) is 4.21. The van der Waals surface area contributed by atoms with E-state index < -0.39 is 0 Å². The summed E-state index contributed by atoms with van der Waals surface area (Å²) in [6, 6.07) is 12.2. The predicted octanol–water partition coefficient (Wildman–Crippen LogP) is 3.90. The first-order chi connectivity index (χ1) is 9.17. The standard InChI is InChI=1S/C15H15N3S/c1-9-7-10(3-5-12(9)17-2)15-18-13-6-4-11(16)8-14(13)19-15/h3-8,17H,16H2,1-2H3. The van der Waals surface area contributed by atoms with Crippen molar-refractivity contribution in [3.05, 3.63) is 42.0 Å². The first kappa shape index (κ1) is 12.0. The van der Waals surface area contributed by atoms with Crippen LogP contribution in [0.4, 0.5) is 11.4 Å². The Morgan fingerprint density at radius 2 is 2.00 bits per heavy atom. The van der Waals surface area contributed by atoms with Gasteiger partial charge in [0.1, 0.15) is 5.01 Å². The van der Waals surface area contributed by atoms with E-state index >= 15 is 0 Å². The number of aryl methyl sites for hydroxylation is 1. The molecule has 0 amide bonds. The number of hydrogen-bond donors (Lipinski definition) is 2. The number of anilines is 2. The zero-order valence-electron chi connectivity index (χ0n) is 10.9. The molecular formula is C15H15N3S. The van der Waals surface area contributed by atoms with Crippen LogP contribution < -0.4 is 11.1 Å².